The number of hydrogen-bond donors (Lipinski definition) is 0. The predicted octanol–water partition coefficient (Wildman–Crippen LogP) is 4.00. The molecule has 2 aliphatic heterocycles. The first-order chi connectivity index (χ1) is 8.56. The van der Waals surface area contributed by atoms with Crippen LogP contribution in [0.25, 0.3) is 0 Å². The minimum absolute atomic E-state index is 0.313. The Bertz CT molecular complexity index is 499. The van der Waals surface area contributed by atoms with Gasteiger partial charge in [0.05, 0.1) is 10.7 Å². The summed E-state index contributed by atoms with van der Waals surface area (Å²) in [6.45, 7) is 1.95. The van der Waals surface area contributed by atoms with Crippen molar-refractivity contribution in [2.24, 2.45) is 0 Å². The van der Waals surface area contributed by atoms with Gasteiger partial charge >= 0.3 is 0 Å². The Hall–Kier alpha value is -0.730. The second kappa shape index (κ2) is 4.43. The summed E-state index contributed by atoms with van der Waals surface area (Å²) >= 11 is 12.5. The Balaban J connectivity index is 2.01. The zero-order valence-corrected chi connectivity index (χ0v) is 11.8. The Labute approximate surface area is 117 Å². The standard InChI is InChI=1S/C14H15Cl2NO/c1-8-4-13(16)14(7-12(8)15)17-9-2-3-10(17)6-11(18)5-9/h4,7,9-10H,2-3,5-6H2,1H3. The monoisotopic (exact) mass is 283 g/mol. The molecule has 2 saturated heterocycles. The molecule has 0 spiro atoms. The van der Waals surface area contributed by atoms with Crippen LogP contribution < -0.4 is 4.90 Å². The molecule has 0 amide bonds. The number of ketones is 1. The van der Waals surface area contributed by atoms with Crippen LogP contribution in [0.1, 0.15) is 31.2 Å². The molecule has 18 heavy (non-hydrogen) atoms. The van der Waals surface area contributed by atoms with E-state index in [0.717, 1.165) is 34.1 Å². The molecule has 2 unspecified atom stereocenters. The molecule has 2 bridgehead atoms. The molecule has 1 aromatic carbocycles. The van der Waals surface area contributed by atoms with E-state index >= 15 is 0 Å². The van der Waals surface area contributed by atoms with Gasteiger partial charge < -0.3 is 4.90 Å². The van der Waals surface area contributed by atoms with Crippen molar-refractivity contribution in [1.29, 1.82) is 0 Å². The number of benzene rings is 1. The molecule has 0 saturated carbocycles. The van der Waals surface area contributed by atoms with Crippen LogP contribution in [-0.2, 0) is 4.79 Å². The second-order valence-electron chi connectivity index (χ2n) is 5.29. The lowest BCUT2D eigenvalue weighted by molar-refractivity contribution is -0.120. The lowest BCUT2D eigenvalue weighted by Crippen LogP contribution is -2.43. The number of anilines is 1. The third kappa shape index (κ3) is 1.92. The van der Waals surface area contributed by atoms with Gasteiger partial charge in [-0.1, -0.05) is 23.2 Å². The van der Waals surface area contributed by atoms with E-state index in [9.17, 15) is 4.79 Å². The largest absolute Gasteiger partial charge is 0.363 e. The maximum absolute atomic E-state index is 11.6. The molecular formula is C14H15Cl2NO. The van der Waals surface area contributed by atoms with Crippen molar-refractivity contribution in [2.45, 2.75) is 44.7 Å². The highest BCUT2D eigenvalue weighted by Crippen LogP contribution is 2.42. The molecule has 2 atom stereocenters. The zero-order valence-electron chi connectivity index (χ0n) is 10.2. The molecule has 4 heteroatoms. The van der Waals surface area contributed by atoms with Crippen molar-refractivity contribution in [3.63, 3.8) is 0 Å². The van der Waals surface area contributed by atoms with E-state index in [1.807, 2.05) is 19.1 Å². The number of Topliss-reactive ketones (excluding diaryl/α,β-unsaturated/α-hetero) is 1. The van der Waals surface area contributed by atoms with Crippen LogP contribution in [0.15, 0.2) is 12.1 Å². The Kier molecular flexibility index (Phi) is 3.03. The molecule has 1 aromatic rings. The van der Waals surface area contributed by atoms with E-state index in [0.29, 0.717) is 30.7 Å². The predicted molar refractivity (Wildman–Crippen MR) is 74.7 cm³/mol. The Morgan fingerprint density at radius 2 is 1.72 bits per heavy atom. The number of carbonyl (C=O) groups excluding carboxylic acids is 1. The molecular weight excluding hydrogens is 269 g/mol. The van der Waals surface area contributed by atoms with Gasteiger partial charge in [-0.15, -0.1) is 0 Å². The Morgan fingerprint density at radius 1 is 1.11 bits per heavy atom. The fraction of sp³-hybridized carbons (Fsp3) is 0.500. The summed E-state index contributed by atoms with van der Waals surface area (Å²) in [7, 11) is 0. The summed E-state index contributed by atoms with van der Waals surface area (Å²) in [4.78, 5) is 13.9. The summed E-state index contributed by atoms with van der Waals surface area (Å²) in [5.74, 6) is 0.382. The van der Waals surface area contributed by atoms with Gasteiger partial charge in [0.1, 0.15) is 5.78 Å². The highest BCUT2D eigenvalue weighted by atomic mass is 35.5. The van der Waals surface area contributed by atoms with Crippen LogP contribution in [0.4, 0.5) is 5.69 Å². The molecule has 0 aromatic heterocycles. The maximum Gasteiger partial charge on any atom is 0.137 e. The number of fused-ring (bicyclic) bond motifs is 2. The molecule has 0 radical (unpaired) electrons. The lowest BCUT2D eigenvalue weighted by atomic mass is 10.0. The van der Waals surface area contributed by atoms with Crippen LogP contribution in [0, 0.1) is 6.92 Å². The summed E-state index contributed by atoms with van der Waals surface area (Å²) in [6, 6.07) is 4.48. The number of halogens is 2. The normalized spacial score (nSPS) is 26.8. The summed E-state index contributed by atoms with van der Waals surface area (Å²) < 4.78 is 0. The van der Waals surface area contributed by atoms with Gasteiger partial charge in [0.15, 0.2) is 0 Å². The van der Waals surface area contributed by atoms with Crippen LogP contribution in [-0.4, -0.2) is 17.9 Å². The number of nitrogens with zero attached hydrogens (tertiary/aromatic N) is 1. The number of rotatable bonds is 1. The van der Waals surface area contributed by atoms with Crippen LogP contribution >= 0.6 is 23.2 Å². The molecule has 2 nitrogen and oxygen atoms in total. The van der Waals surface area contributed by atoms with Crippen molar-refractivity contribution in [3.05, 3.63) is 27.7 Å². The number of piperidine rings is 1. The van der Waals surface area contributed by atoms with Gasteiger partial charge in [0.2, 0.25) is 0 Å². The molecule has 2 heterocycles. The van der Waals surface area contributed by atoms with E-state index < -0.39 is 0 Å². The highest BCUT2D eigenvalue weighted by molar-refractivity contribution is 6.35. The minimum atomic E-state index is 0.313. The zero-order chi connectivity index (χ0) is 12.9. The van der Waals surface area contributed by atoms with Gasteiger partial charge in [0.25, 0.3) is 0 Å². The first-order valence-corrected chi connectivity index (χ1v) is 7.07. The van der Waals surface area contributed by atoms with Crippen LogP contribution in [0.2, 0.25) is 10.0 Å². The molecule has 2 aliphatic rings. The molecule has 2 fully saturated rings. The van der Waals surface area contributed by atoms with Crippen molar-refractivity contribution in [3.8, 4) is 0 Å². The van der Waals surface area contributed by atoms with Gasteiger partial charge in [-0.05, 0) is 37.5 Å². The lowest BCUT2D eigenvalue weighted by Gasteiger charge is -2.36. The highest BCUT2D eigenvalue weighted by Gasteiger charge is 2.40. The average Bonchev–Trinajstić information content (AvgIpc) is 2.56. The van der Waals surface area contributed by atoms with Gasteiger partial charge in [-0.2, -0.15) is 0 Å². The van der Waals surface area contributed by atoms with Crippen LogP contribution in [0.3, 0.4) is 0 Å². The number of carbonyl (C=O) groups is 1. The fourth-order valence-electron chi connectivity index (χ4n) is 3.20. The van der Waals surface area contributed by atoms with E-state index in [1.165, 1.54) is 0 Å². The summed E-state index contributed by atoms with van der Waals surface area (Å²) in [6.07, 6.45) is 3.47. The maximum atomic E-state index is 11.6. The summed E-state index contributed by atoms with van der Waals surface area (Å²) in [5.41, 5.74) is 1.98. The quantitative estimate of drug-likeness (QED) is 0.776. The molecule has 3 rings (SSSR count). The SMILES string of the molecule is Cc1cc(Cl)c(N2C3CCC2CC(=O)C3)cc1Cl. The van der Waals surface area contributed by atoms with Gasteiger partial charge in [-0.25, -0.2) is 0 Å². The Morgan fingerprint density at radius 3 is 2.33 bits per heavy atom. The van der Waals surface area contributed by atoms with Crippen molar-refractivity contribution >= 4 is 34.7 Å². The third-order valence-electron chi connectivity index (χ3n) is 4.05. The van der Waals surface area contributed by atoms with Gasteiger partial charge in [0, 0.05) is 29.9 Å². The molecule has 0 N–H and O–H groups in total. The first-order valence-electron chi connectivity index (χ1n) is 6.32. The third-order valence-corrected chi connectivity index (χ3v) is 4.76. The smallest absolute Gasteiger partial charge is 0.137 e. The van der Waals surface area contributed by atoms with E-state index in [-0.39, 0.29) is 0 Å². The number of hydrogen-bond acceptors (Lipinski definition) is 2. The fourth-order valence-corrected chi connectivity index (χ4v) is 3.67. The molecule has 96 valence electrons. The second-order valence-corrected chi connectivity index (χ2v) is 6.11. The van der Waals surface area contributed by atoms with Gasteiger partial charge in [-0.3, -0.25) is 4.79 Å². The van der Waals surface area contributed by atoms with Crippen molar-refractivity contribution < 1.29 is 4.79 Å². The summed E-state index contributed by atoms with van der Waals surface area (Å²) in [5, 5.41) is 1.48. The average molecular weight is 284 g/mol. The van der Waals surface area contributed by atoms with E-state index in [1.54, 1.807) is 0 Å². The molecule has 0 aliphatic carbocycles. The van der Waals surface area contributed by atoms with Crippen molar-refractivity contribution in [2.75, 3.05) is 4.90 Å². The van der Waals surface area contributed by atoms with Crippen LogP contribution in [0.5, 0.6) is 0 Å². The number of aryl methyl sites for hydroxylation is 1. The van der Waals surface area contributed by atoms with E-state index in [2.05, 4.69) is 4.90 Å². The first kappa shape index (κ1) is 12.3. The topological polar surface area (TPSA) is 20.3 Å². The van der Waals surface area contributed by atoms with E-state index in [4.69, 9.17) is 23.2 Å². The minimum Gasteiger partial charge on any atom is -0.363 e. The van der Waals surface area contributed by atoms with Crippen molar-refractivity contribution in [1.82, 2.24) is 0 Å².